The molecule has 0 aromatic heterocycles. The maximum absolute atomic E-state index is 8.90. The van der Waals surface area contributed by atoms with E-state index in [2.05, 4.69) is 16.9 Å². The van der Waals surface area contributed by atoms with E-state index in [-0.39, 0.29) is 0 Å². The summed E-state index contributed by atoms with van der Waals surface area (Å²) in [5.41, 5.74) is 7.40. The topological polar surface area (TPSA) is 74.5 Å². The standard InChI is InChI=1S/C13H16N4/c1-3-4-7-17-13(16-2)10-5-6-12(15)11(8-10)9-14/h5-8H,3-4,15H2,1-2H3/b16-13-,17-7-. The van der Waals surface area contributed by atoms with Gasteiger partial charge in [0.05, 0.1) is 5.56 Å². The Morgan fingerprint density at radius 1 is 1.53 bits per heavy atom. The Labute approximate surface area is 102 Å². The first kappa shape index (κ1) is 12.9. The second-order valence-corrected chi connectivity index (χ2v) is 3.56. The maximum Gasteiger partial charge on any atom is 0.153 e. The molecule has 0 aliphatic heterocycles. The Morgan fingerprint density at radius 2 is 2.29 bits per heavy atom. The van der Waals surface area contributed by atoms with Crippen LogP contribution >= 0.6 is 0 Å². The van der Waals surface area contributed by atoms with Crippen molar-refractivity contribution in [2.45, 2.75) is 19.8 Å². The van der Waals surface area contributed by atoms with Gasteiger partial charge in [-0.3, -0.25) is 4.99 Å². The fraction of sp³-hybridized carbons (Fsp3) is 0.308. The van der Waals surface area contributed by atoms with Gasteiger partial charge in [0.2, 0.25) is 0 Å². The number of aliphatic imine (C=N–C) groups is 2. The molecular formula is C13H16N4. The lowest BCUT2D eigenvalue weighted by Gasteiger charge is -2.02. The fourth-order valence-corrected chi connectivity index (χ4v) is 1.33. The van der Waals surface area contributed by atoms with Crippen LogP contribution in [-0.2, 0) is 0 Å². The van der Waals surface area contributed by atoms with Gasteiger partial charge in [0.15, 0.2) is 5.84 Å². The first-order chi connectivity index (χ1) is 8.22. The second-order valence-electron chi connectivity index (χ2n) is 3.56. The summed E-state index contributed by atoms with van der Waals surface area (Å²) in [6, 6.07) is 7.28. The number of amidine groups is 1. The van der Waals surface area contributed by atoms with Gasteiger partial charge in [-0.1, -0.05) is 13.3 Å². The molecule has 4 nitrogen and oxygen atoms in total. The molecule has 0 radical (unpaired) electrons. The van der Waals surface area contributed by atoms with E-state index in [0.29, 0.717) is 17.1 Å². The van der Waals surface area contributed by atoms with E-state index in [1.54, 1.807) is 19.2 Å². The molecule has 4 heteroatoms. The molecule has 1 rings (SSSR count). The SMILES string of the molecule is CCC/C=N\C(=N/C)c1ccc(N)c(C#N)c1. The maximum atomic E-state index is 8.90. The number of hydrogen-bond donors (Lipinski definition) is 1. The van der Waals surface area contributed by atoms with Crippen LogP contribution in [0.1, 0.15) is 30.9 Å². The summed E-state index contributed by atoms with van der Waals surface area (Å²) in [4.78, 5) is 8.39. The molecule has 0 aliphatic carbocycles. The van der Waals surface area contributed by atoms with Crippen molar-refractivity contribution in [2.75, 3.05) is 12.8 Å². The third-order valence-corrected chi connectivity index (χ3v) is 2.28. The van der Waals surface area contributed by atoms with Crippen LogP contribution in [0.25, 0.3) is 0 Å². The third kappa shape index (κ3) is 3.42. The largest absolute Gasteiger partial charge is 0.398 e. The smallest absolute Gasteiger partial charge is 0.153 e. The number of anilines is 1. The molecule has 0 saturated carbocycles. The van der Waals surface area contributed by atoms with Crippen molar-refractivity contribution >= 4 is 17.7 Å². The number of unbranched alkanes of at least 4 members (excludes halogenated alkanes) is 1. The Kier molecular flexibility index (Phi) is 4.89. The Morgan fingerprint density at radius 3 is 2.88 bits per heavy atom. The number of nitrogens with zero attached hydrogens (tertiary/aromatic N) is 3. The molecule has 0 bridgehead atoms. The molecule has 1 aromatic carbocycles. The van der Waals surface area contributed by atoms with Gasteiger partial charge in [0, 0.05) is 24.5 Å². The minimum Gasteiger partial charge on any atom is -0.398 e. The van der Waals surface area contributed by atoms with E-state index in [1.165, 1.54) is 0 Å². The van der Waals surface area contributed by atoms with Crippen LogP contribution in [0.4, 0.5) is 5.69 Å². The van der Waals surface area contributed by atoms with Gasteiger partial charge in [-0.2, -0.15) is 5.26 Å². The normalized spacial score (nSPS) is 11.7. The summed E-state index contributed by atoms with van der Waals surface area (Å²) in [6.07, 6.45) is 3.80. The van der Waals surface area contributed by atoms with E-state index in [9.17, 15) is 0 Å². The highest BCUT2D eigenvalue weighted by atomic mass is 14.9. The number of nitrogen functional groups attached to an aromatic ring is 1. The van der Waals surface area contributed by atoms with Crippen LogP contribution in [0.2, 0.25) is 0 Å². The quantitative estimate of drug-likeness (QED) is 0.490. The highest BCUT2D eigenvalue weighted by molar-refractivity contribution is 6.03. The minimum absolute atomic E-state index is 0.453. The molecule has 0 spiro atoms. The molecule has 0 saturated heterocycles. The summed E-state index contributed by atoms with van der Waals surface area (Å²) in [7, 11) is 1.68. The zero-order valence-corrected chi connectivity index (χ0v) is 10.1. The van der Waals surface area contributed by atoms with Crippen molar-refractivity contribution in [2.24, 2.45) is 9.98 Å². The number of rotatable bonds is 3. The number of benzene rings is 1. The fourth-order valence-electron chi connectivity index (χ4n) is 1.33. The van der Waals surface area contributed by atoms with Gasteiger partial charge in [0.1, 0.15) is 6.07 Å². The Balaban J connectivity index is 3.02. The summed E-state index contributed by atoms with van der Waals surface area (Å²) >= 11 is 0. The lowest BCUT2D eigenvalue weighted by molar-refractivity contribution is 1.01. The molecule has 0 unspecified atom stereocenters. The molecule has 0 atom stereocenters. The Hall–Kier alpha value is -2.15. The van der Waals surface area contributed by atoms with Crippen molar-refractivity contribution in [3.8, 4) is 6.07 Å². The van der Waals surface area contributed by atoms with Crippen molar-refractivity contribution < 1.29 is 0 Å². The van der Waals surface area contributed by atoms with Gasteiger partial charge >= 0.3 is 0 Å². The zero-order valence-electron chi connectivity index (χ0n) is 10.1. The summed E-state index contributed by atoms with van der Waals surface area (Å²) in [6.45, 7) is 2.09. The molecule has 0 amide bonds. The van der Waals surface area contributed by atoms with Crippen molar-refractivity contribution in [3.05, 3.63) is 29.3 Å². The van der Waals surface area contributed by atoms with Crippen LogP contribution in [-0.4, -0.2) is 19.1 Å². The zero-order chi connectivity index (χ0) is 12.7. The van der Waals surface area contributed by atoms with Crippen molar-refractivity contribution in [3.63, 3.8) is 0 Å². The van der Waals surface area contributed by atoms with E-state index < -0.39 is 0 Å². The Bertz CT molecular complexity index is 481. The number of nitriles is 1. The van der Waals surface area contributed by atoms with E-state index in [4.69, 9.17) is 11.0 Å². The van der Waals surface area contributed by atoms with Crippen LogP contribution in [0.3, 0.4) is 0 Å². The van der Waals surface area contributed by atoms with Gasteiger partial charge in [-0.05, 0) is 24.6 Å². The average Bonchev–Trinajstić information content (AvgIpc) is 2.36. The predicted octanol–water partition coefficient (Wildman–Crippen LogP) is 2.39. The first-order valence-corrected chi connectivity index (χ1v) is 5.52. The van der Waals surface area contributed by atoms with Gasteiger partial charge in [-0.25, -0.2) is 4.99 Å². The average molecular weight is 228 g/mol. The van der Waals surface area contributed by atoms with Gasteiger partial charge in [-0.15, -0.1) is 0 Å². The van der Waals surface area contributed by atoms with Crippen LogP contribution in [0.15, 0.2) is 28.2 Å². The lowest BCUT2D eigenvalue weighted by Crippen LogP contribution is -2.00. The third-order valence-electron chi connectivity index (χ3n) is 2.28. The highest BCUT2D eigenvalue weighted by Gasteiger charge is 2.04. The highest BCUT2D eigenvalue weighted by Crippen LogP contribution is 2.14. The van der Waals surface area contributed by atoms with Crippen molar-refractivity contribution in [1.82, 2.24) is 0 Å². The summed E-state index contributed by atoms with van der Waals surface area (Å²) in [5.74, 6) is 0.620. The minimum atomic E-state index is 0.453. The number of nitrogens with two attached hydrogens (primary N) is 1. The van der Waals surface area contributed by atoms with Crippen molar-refractivity contribution in [1.29, 1.82) is 5.26 Å². The van der Waals surface area contributed by atoms with Gasteiger partial charge in [0.25, 0.3) is 0 Å². The first-order valence-electron chi connectivity index (χ1n) is 5.52. The molecule has 0 heterocycles. The molecule has 2 N–H and O–H groups in total. The number of hydrogen-bond acceptors (Lipinski definition) is 3. The van der Waals surface area contributed by atoms with E-state index in [1.807, 2.05) is 18.4 Å². The van der Waals surface area contributed by atoms with Crippen LogP contribution in [0.5, 0.6) is 0 Å². The molecule has 1 aromatic rings. The monoisotopic (exact) mass is 228 g/mol. The van der Waals surface area contributed by atoms with Crippen LogP contribution < -0.4 is 5.73 Å². The molecule has 88 valence electrons. The van der Waals surface area contributed by atoms with E-state index >= 15 is 0 Å². The van der Waals surface area contributed by atoms with E-state index in [0.717, 1.165) is 18.4 Å². The van der Waals surface area contributed by atoms with Gasteiger partial charge < -0.3 is 5.73 Å². The molecule has 17 heavy (non-hydrogen) atoms. The lowest BCUT2D eigenvalue weighted by atomic mass is 10.1. The summed E-state index contributed by atoms with van der Waals surface area (Å²) < 4.78 is 0. The second kappa shape index (κ2) is 6.44. The molecular weight excluding hydrogens is 212 g/mol. The van der Waals surface area contributed by atoms with Crippen LogP contribution in [0, 0.1) is 11.3 Å². The molecule has 0 fully saturated rings. The molecule has 0 aliphatic rings. The predicted molar refractivity (Wildman–Crippen MR) is 71.4 cm³/mol. The summed E-state index contributed by atoms with van der Waals surface area (Å²) in [5, 5.41) is 8.90.